The Labute approximate surface area is 340 Å². The van der Waals surface area contributed by atoms with Crippen LogP contribution in [-0.2, 0) is 35.5 Å². The summed E-state index contributed by atoms with van der Waals surface area (Å²) in [5, 5.41) is 11.2. The van der Waals surface area contributed by atoms with Crippen molar-refractivity contribution in [3.63, 3.8) is 0 Å². The van der Waals surface area contributed by atoms with Gasteiger partial charge in [-0.05, 0) is 125 Å². The zero-order chi connectivity index (χ0) is 40.2. The van der Waals surface area contributed by atoms with E-state index in [0.717, 1.165) is 59.3 Å². The van der Waals surface area contributed by atoms with Crippen molar-refractivity contribution >= 4 is 35.2 Å². The van der Waals surface area contributed by atoms with Gasteiger partial charge in [-0.3, -0.25) is 9.78 Å². The lowest BCUT2D eigenvalue weighted by molar-refractivity contribution is -0.137. The molecule has 300 valence electrons. The number of benzene rings is 3. The van der Waals surface area contributed by atoms with Gasteiger partial charge in [-0.15, -0.1) is 0 Å². The predicted octanol–water partition coefficient (Wildman–Crippen LogP) is 9.44. The number of carboxylic acid groups (broad SMARTS) is 1. The number of rotatable bonds is 20. The maximum Gasteiger partial charge on any atom is 0.407 e. The molecule has 4 aromatic rings. The fourth-order valence-electron chi connectivity index (χ4n) is 6.55. The van der Waals surface area contributed by atoms with E-state index in [4.69, 9.17) is 42.1 Å². The third-order valence-corrected chi connectivity index (χ3v) is 10.1. The number of hydrogen-bond donors (Lipinski definition) is 1. The number of methoxy groups -OCH3 is 1. The molecule has 0 bridgehead atoms. The molecule has 1 aliphatic rings. The summed E-state index contributed by atoms with van der Waals surface area (Å²) < 4.78 is 23.3. The van der Waals surface area contributed by atoms with Gasteiger partial charge in [0.15, 0.2) is 5.75 Å². The van der Waals surface area contributed by atoms with Crippen LogP contribution in [0.2, 0.25) is 10.0 Å². The monoisotopic (exact) mass is 805 g/mol. The van der Waals surface area contributed by atoms with Crippen LogP contribution in [-0.4, -0.2) is 76.9 Å². The normalized spacial score (nSPS) is 13.2. The SMILES string of the molecule is COCCCc1cc(CN(C(=O)C(Cc2ccc(OCCOc3c(Cl)cc(C)cc3Cl)cc2)CN(C(=O)O)C(C)(C)C)C2CC2)cc(OCc2cccnc2)c1. The summed E-state index contributed by atoms with van der Waals surface area (Å²) in [6, 6.07) is 21.2. The maximum absolute atomic E-state index is 14.7. The third-order valence-electron chi connectivity index (χ3n) is 9.53. The zero-order valence-electron chi connectivity index (χ0n) is 32.9. The minimum Gasteiger partial charge on any atom is -0.490 e. The number of halogens is 2. The summed E-state index contributed by atoms with van der Waals surface area (Å²) in [5.74, 6) is 1.08. The van der Waals surface area contributed by atoms with E-state index in [-0.39, 0.29) is 31.7 Å². The molecule has 10 nitrogen and oxygen atoms in total. The Hall–Kier alpha value is -4.51. The van der Waals surface area contributed by atoms with Crippen molar-refractivity contribution in [2.45, 2.75) is 84.5 Å². The second-order valence-corrected chi connectivity index (χ2v) is 16.1. The Morgan fingerprint density at radius 2 is 1.57 bits per heavy atom. The molecule has 12 heteroatoms. The summed E-state index contributed by atoms with van der Waals surface area (Å²) in [7, 11) is 1.69. The second kappa shape index (κ2) is 20.1. The smallest absolute Gasteiger partial charge is 0.407 e. The van der Waals surface area contributed by atoms with Gasteiger partial charge < -0.3 is 33.9 Å². The number of aromatic nitrogens is 1. The van der Waals surface area contributed by atoms with Gasteiger partial charge in [0.05, 0.1) is 16.0 Å². The Balaban J connectivity index is 1.32. The Kier molecular flexibility index (Phi) is 15.3. The minimum atomic E-state index is -1.06. The van der Waals surface area contributed by atoms with Crippen LogP contribution < -0.4 is 14.2 Å². The topological polar surface area (TPSA) is 111 Å². The number of hydrogen-bond acceptors (Lipinski definition) is 7. The van der Waals surface area contributed by atoms with Crippen LogP contribution in [0.1, 0.15) is 67.9 Å². The summed E-state index contributed by atoms with van der Waals surface area (Å²) in [5.41, 5.74) is 4.15. The average Bonchev–Trinajstić information content (AvgIpc) is 4.00. The molecule has 1 saturated carbocycles. The Bertz CT molecular complexity index is 1880. The van der Waals surface area contributed by atoms with E-state index in [9.17, 15) is 14.7 Å². The van der Waals surface area contributed by atoms with E-state index in [1.165, 1.54) is 4.90 Å². The van der Waals surface area contributed by atoms with Crippen LogP contribution in [0.25, 0.3) is 0 Å². The molecule has 0 aliphatic heterocycles. The van der Waals surface area contributed by atoms with Gasteiger partial charge in [0.2, 0.25) is 5.91 Å². The van der Waals surface area contributed by atoms with Gasteiger partial charge in [0, 0.05) is 56.3 Å². The quantitative estimate of drug-likeness (QED) is 0.0881. The zero-order valence-corrected chi connectivity index (χ0v) is 34.4. The molecule has 1 N–H and O–H groups in total. The standard InChI is InChI=1S/C44H53Cl2N3O7/c1-30-20-39(45)41(40(46)21-30)55-19-18-54-37-14-10-31(11-15-37)23-35(28-49(43(51)52)44(2,3)4)42(50)48(36-12-13-36)27-34-22-32(9-7-17-53-5)24-38(25-34)56-29-33-8-6-16-47-26-33/h6,8,10-11,14-16,20-22,24-26,35-36H,7,9,12-13,17-19,23,27-29H2,1-5H3,(H,51,52). The molecule has 0 radical (unpaired) electrons. The summed E-state index contributed by atoms with van der Waals surface area (Å²) in [6.45, 7) is 9.40. The molecule has 2 amide bonds. The molecule has 0 saturated heterocycles. The van der Waals surface area contributed by atoms with Crippen LogP contribution in [0.3, 0.4) is 0 Å². The fraction of sp³-hybridized carbons (Fsp3) is 0.432. The Morgan fingerprint density at radius 1 is 0.875 bits per heavy atom. The molecule has 5 rings (SSSR count). The van der Waals surface area contributed by atoms with E-state index < -0.39 is 17.6 Å². The van der Waals surface area contributed by atoms with Crippen molar-refractivity contribution in [3.05, 3.63) is 117 Å². The first-order valence-corrected chi connectivity index (χ1v) is 19.8. The van der Waals surface area contributed by atoms with Crippen molar-refractivity contribution in [1.29, 1.82) is 0 Å². The van der Waals surface area contributed by atoms with E-state index in [1.807, 2.05) is 81.1 Å². The lowest BCUT2D eigenvalue weighted by Gasteiger charge is -2.37. The fourth-order valence-corrected chi connectivity index (χ4v) is 7.25. The number of amides is 2. The first-order valence-electron chi connectivity index (χ1n) is 19.1. The number of carbonyl (C=O) groups excluding carboxylic acids is 1. The minimum absolute atomic E-state index is 0.0527. The largest absolute Gasteiger partial charge is 0.490 e. The number of ether oxygens (including phenoxy) is 4. The van der Waals surface area contributed by atoms with Gasteiger partial charge in [0.25, 0.3) is 0 Å². The van der Waals surface area contributed by atoms with Gasteiger partial charge in [0.1, 0.15) is 31.3 Å². The van der Waals surface area contributed by atoms with Gasteiger partial charge >= 0.3 is 6.09 Å². The molecule has 1 atom stereocenters. The lowest BCUT2D eigenvalue weighted by atomic mass is 9.94. The van der Waals surface area contributed by atoms with Crippen LogP contribution in [0, 0.1) is 12.8 Å². The van der Waals surface area contributed by atoms with E-state index >= 15 is 0 Å². The highest BCUT2D eigenvalue weighted by Crippen LogP contribution is 2.35. The molecule has 1 unspecified atom stereocenters. The Morgan fingerprint density at radius 3 is 2.20 bits per heavy atom. The highest BCUT2D eigenvalue weighted by Gasteiger charge is 2.39. The first kappa shape index (κ1) is 42.6. The van der Waals surface area contributed by atoms with Crippen molar-refractivity contribution in [2.24, 2.45) is 5.92 Å². The molecule has 1 fully saturated rings. The first-order chi connectivity index (χ1) is 26.8. The number of nitrogens with zero attached hydrogens (tertiary/aromatic N) is 3. The summed E-state index contributed by atoms with van der Waals surface area (Å²) in [4.78, 5) is 34.8. The molecule has 1 aromatic heterocycles. The van der Waals surface area contributed by atoms with Crippen LogP contribution in [0.4, 0.5) is 4.79 Å². The second-order valence-electron chi connectivity index (χ2n) is 15.3. The number of carbonyl (C=O) groups is 2. The van der Waals surface area contributed by atoms with Crippen LogP contribution in [0.15, 0.2) is 79.1 Å². The molecule has 56 heavy (non-hydrogen) atoms. The van der Waals surface area contributed by atoms with Gasteiger partial charge in [-0.1, -0.05) is 47.5 Å². The van der Waals surface area contributed by atoms with Gasteiger partial charge in [-0.25, -0.2) is 4.79 Å². The van der Waals surface area contributed by atoms with E-state index in [0.29, 0.717) is 47.7 Å². The summed E-state index contributed by atoms with van der Waals surface area (Å²) in [6.07, 6.45) is 6.25. The molecule has 0 spiro atoms. The number of pyridine rings is 1. The summed E-state index contributed by atoms with van der Waals surface area (Å²) >= 11 is 12.6. The van der Waals surface area contributed by atoms with E-state index in [1.54, 1.807) is 31.6 Å². The van der Waals surface area contributed by atoms with Crippen molar-refractivity contribution < 1.29 is 33.6 Å². The molecular formula is C44H53Cl2N3O7. The number of aryl methyl sites for hydroxylation is 2. The van der Waals surface area contributed by atoms with Gasteiger partial charge in [-0.2, -0.15) is 0 Å². The average molecular weight is 807 g/mol. The third kappa shape index (κ3) is 12.8. The van der Waals surface area contributed by atoms with Crippen LogP contribution in [0.5, 0.6) is 17.2 Å². The molecular weight excluding hydrogens is 753 g/mol. The van der Waals surface area contributed by atoms with Crippen LogP contribution >= 0.6 is 23.2 Å². The molecule has 3 aromatic carbocycles. The molecule has 1 aliphatic carbocycles. The highest BCUT2D eigenvalue weighted by molar-refractivity contribution is 6.37. The maximum atomic E-state index is 14.7. The van der Waals surface area contributed by atoms with Crippen molar-refractivity contribution in [2.75, 3.05) is 33.5 Å². The van der Waals surface area contributed by atoms with Crippen molar-refractivity contribution in [1.82, 2.24) is 14.8 Å². The lowest BCUT2D eigenvalue weighted by Crippen LogP contribution is -2.51. The highest BCUT2D eigenvalue weighted by atomic mass is 35.5. The molecule has 1 heterocycles. The van der Waals surface area contributed by atoms with E-state index in [2.05, 4.69) is 11.1 Å². The van der Waals surface area contributed by atoms with Crippen molar-refractivity contribution in [3.8, 4) is 17.2 Å². The predicted molar refractivity (Wildman–Crippen MR) is 219 cm³/mol.